The van der Waals surface area contributed by atoms with Gasteiger partial charge < -0.3 is 10.1 Å². The second-order valence-corrected chi connectivity index (χ2v) is 4.54. The fourth-order valence-corrected chi connectivity index (χ4v) is 1.65. The van der Waals surface area contributed by atoms with Crippen LogP contribution in [0, 0.1) is 5.82 Å². The molecule has 0 saturated heterocycles. The lowest BCUT2D eigenvalue weighted by Gasteiger charge is -2.14. The van der Waals surface area contributed by atoms with Gasteiger partial charge in [-0.15, -0.1) is 0 Å². The summed E-state index contributed by atoms with van der Waals surface area (Å²) in [5.41, 5.74) is 0.528. The van der Waals surface area contributed by atoms with Gasteiger partial charge in [0.05, 0.1) is 6.20 Å². The molecule has 0 aliphatic rings. The van der Waals surface area contributed by atoms with Crippen LogP contribution in [0.25, 0.3) is 0 Å². The van der Waals surface area contributed by atoms with Gasteiger partial charge in [0.2, 0.25) is 0 Å². The number of nitrogens with one attached hydrogen (secondary N) is 1. The molecule has 0 aliphatic carbocycles. The van der Waals surface area contributed by atoms with Crippen molar-refractivity contribution in [1.82, 2.24) is 10.3 Å². The lowest BCUT2D eigenvalue weighted by molar-refractivity contribution is 0.456. The second-order valence-electron chi connectivity index (χ2n) is 4.54. The minimum Gasteiger partial charge on any atom is -0.455 e. The van der Waals surface area contributed by atoms with E-state index >= 15 is 0 Å². The fourth-order valence-electron chi connectivity index (χ4n) is 1.65. The number of hydrogen-bond acceptors (Lipinski definition) is 3. The highest BCUT2D eigenvalue weighted by Gasteiger charge is 2.10. The number of pyridine rings is 1. The molecule has 3 nitrogen and oxygen atoms in total. The minimum absolute atomic E-state index is 0.269. The Morgan fingerprint density at radius 2 is 2.11 bits per heavy atom. The molecule has 2 rings (SSSR count). The molecule has 0 saturated carbocycles. The molecule has 1 heterocycles. The van der Waals surface area contributed by atoms with Crippen LogP contribution in [0.1, 0.15) is 19.4 Å². The first-order valence-corrected chi connectivity index (χ1v) is 6.25. The maximum Gasteiger partial charge on any atom is 0.145 e. The summed E-state index contributed by atoms with van der Waals surface area (Å²) in [6, 6.07) is 8.68. The van der Waals surface area contributed by atoms with Crippen LogP contribution >= 0.6 is 0 Å². The predicted octanol–water partition coefficient (Wildman–Crippen LogP) is 3.51. The summed E-state index contributed by atoms with van der Waals surface area (Å²) in [5.74, 6) is 0.842. The van der Waals surface area contributed by atoms with Crippen molar-refractivity contribution in [2.45, 2.75) is 26.4 Å². The molecule has 100 valence electrons. The number of nitrogens with zero attached hydrogens (tertiary/aromatic N) is 1. The van der Waals surface area contributed by atoms with Crippen molar-refractivity contribution < 1.29 is 9.13 Å². The lowest BCUT2D eigenvalue weighted by atomic mass is 10.1. The van der Waals surface area contributed by atoms with Gasteiger partial charge in [0.25, 0.3) is 0 Å². The summed E-state index contributed by atoms with van der Waals surface area (Å²) in [6.07, 6.45) is 3.27. The van der Waals surface area contributed by atoms with E-state index in [0.717, 1.165) is 0 Å². The second kappa shape index (κ2) is 6.29. The maximum absolute atomic E-state index is 13.9. The van der Waals surface area contributed by atoms with Crippen molar-refractivity contribution in [3.05, 3.63) is 54.1 Å². The van der Waals surface area contributed by atoms with Crippen molar-refractivity contribution in [2.75, 3.05) is 0 Å². The van der Waals surface area contributed by atoms with Crippen LogP contribution in [-0.2, 0) is 6.54 Å². The van der Waals surface area contributed by atoms with Crippen molar-refractivity contribution in [1.29, 1.82) is 0 Å². The van der Waals surface area contributed by atoms with E-state index < -0.39 is 0 Å². The smallest absolute Gasteiger partial charge is 0.145 e. The molecule has 0 radical (unpaired) electrons. The molecule has 19 heavy (non-hydrogen) atoms. The van der Waals surface area contributed by atoms with Gasteiger partial charge in [0, 0.05) is 24.3 Å². The summed E-state index contributed by atoms with van der Waals surface area (Å²) < 4.78 is 19.5. The van der Waals surface area contributed by atoms with Crippen molar-refractivity contribution >= 4 is 0 Å². The van der Waals surface area contributed by atoms with Gasteiger partial charge in [0.1, 0.15) is 17.3 Å². The Kier molecular flexibility index (Phi) is 4.47. The quantitative estimate of drug-likeness (QED) is 0.893. The average Bonchev–Trinajstić information content (AvgIpc) is 2.39. The lowest BCUT2D eigenvalue weighted by Crippen LogP contribution is -2.22. The molecule has 2 aromatic rings. The molecule has 1 aromatic carbocycles. The first-order valence-electron chi connectivity index (χ1n) is 6.25. The standard InChI is InChI=1S/C15H17FN2O/c1-11(2)18-10-13-14(16)6-3-7-15(13)19-12-5-4-8-17-9-12/h3-9,11,18H,10H2,1-2H3. The van der Waals surface area contributed by atoms with Crippen LogP contribution in [-0.4, -0.2) is 11.0 Å². The van der Waals surface area contributed by atoms with E-state index in [9.17, 15) is 4.39 Å². The third-order valence-electron chi connectivity index (χ3n) is 2.63. The summed E-state index contributed by atoms with van der Waals surface area (Å²) >= 11 is 0. The third-order valence-corrected chi connectivity index (χ3v) is 2.63. The molecule has 0 unspecified atom stereocenters. The van der Waals surface area contributed by atoms with E-state index in [1.165, 1.54) is 6.07 Å². The third kappa shape index (κ3) is 3.76. The average molecular weight is 260 g/mol. The predicted molar refractivity (Wildman–Crippen MR) is 72.7 cm³/mol. The molecule has 0 atom stereocenters. The van der Waals surface area contributed by atoms with E-state index in [1.807, 2.05) is 13.8 Å². The SMILES string of the molecule is CC(C)NCc1c(F)cccc1Oc1cccnc1. The van der Waals surface area contributed by atoms with Crippen LogP contribution in [0.3, 0.4) is 0 Å². The molecule has 0 spiro atoms. The minimum atomic E-state index is -0.269. The van der Waals surface area contributed by atoms with Gasteiger partial charge in [-0.05, 0) is 24.3 Å². The Bertz CT molecular complexity index is 529. The first-order chi connectivity index (χ1) is 9.16. The Hall–Kier alpha value is -1.94. The Balaban J connectivity index is 2.22. The zero-order chi connectivity index (χ0) is 13.7. The zero-order valence-electron chi connectivity index (χ0n) is 11.1. The molecule has 1 aromatic heterocycles. The van der Waals surface area contributed by atoms with Crippen LogP contribution in [0.15, 0.2) is 42.7 Å². The van der Waals surface area contributed by atoms with E-state index in [4.69, 9.17) is 4.74 Å². The Labute approximate surface area is 112 Å². The Morgan fingerprint density at radius 1 is 1.26 bits per heavy atom. The largest absolute Gasteiger partial charge is 0.455 e. The highest BCUT2D eigenvalue weighted by Crippen LogP contribution is 2.26. The molecular formula is C15H17FN2O. The van der Waals surface area contributed by atoms with Gasteiger partial charge in [0.15, 0.2) is 0 Å². The molecule has 0 aliphatic heterocycles. The van der Waals surface area contributed by atoms with Gasteiger partial charge in [-0.3, -0.25) is 4.98 Å². The van der Waals surface area contributed by atoms with Crippen LogP contribution < -0.4 is 10.1 Å². The number of hydrogen-bond donors (Lipinski definition) is 1. The molecule has 0 amide bonds. The molecule has 1 N–H and O–H groups in total. The van der Waals surface area contributed by atoms with Gasteiger partial charge >= 0.3 is 0 Å². The summed E-state index contributed by atoms with van der Waals surface area (Å²) in [4.78, 5) is 3.97. The zero-order valence-corrected chi connectivity index (χ0v) is 11.1. The number of halogens is 1. The monoisotopic (exact) mass is 260 g/mol. The summed E-state index contributed by atoms with van der Waals surface area (Å²) in [5, 5.41) is 3.19. The van der Waals surface area contributed by atoms with Gasteiger partial charge in [-0.1, -0.05) is 19.9 Å². The number of benzene rings is 1. The van der Waals surface area contributed by atoms with E-state index in [-0.39, 0.29) is 11.9 Å². The number of rotatable bonds is 5. The molecular weight excluding hydrogens is 243 g/mol. The van der Waals surface area contributed by atoms with E-state index in [2.05, 4.69) is 10.3 Å². The molecule has 4 heteroatoms. The van der Waals surface area contributed by atoms with Crippen molar-refractivity contribution in [3.8, 4) is 11.5 Å². The molecule has 0 bridgehead atoms. The van der Waals surface area contributed by atoms with Crippen LogP contribution in [0.2, 0.25) is 0 Å². The molecule has 0 fully saturated rings. The van der Waals surface area contributed by atoms with Crippen molar-refractivity contribution in [2.24, 2.45) is 0 Å². The fraction of sp³-hybridized carbons (Fsp3) is 0.267. The highest BCUT2D eigenvalue weighted by molar-refractivity contribution is 5.38. The first kappa shape index (κ1) is 13.5. The maximum atomic E-state index is 13.9. The van der Waals surface area contributed by atoms with Crippen molar-refractivity contribution in [3.63, 3.8) is 0 Å². The summed E-state index contributed by atoms with van der Waals surface area (Å²) in [7, 11) is 0. The van der Waals surface area contributed by atoms with Crippen LogP contribution in [0.5, 0.6) is 11.5 Å². The van der Waals surface area contributed by atoms with Gasteiger partial charge in [-0.2, -0.15) is 0 Å². The number of aromatic nitrogens is 1. The Morgan fingerprint density at radius 3 is 2.79 bits per heavy atom. The highest BCUT2D eigenvalue weighted by atomic mass is 19.1. The van der Waals surface area contributed by atoms with Gasteiger partial charge in [-0.25, -0.2) is 4.39 Å². The normalized spacial score (nSPS) is 10.7. The number of ether oxygens (including phenoxy) is 1. The topological polar surface area (TPSA) is 34.1 Å². The van der Waals surface area contributed by atoms with Crippen LogP contribution in [0.4, 0.5) is 4.39 Å². The van der Waals surface area contributed by atoms with E-state index in [1.54, 1.807) is 36.7 Å². The van der Waals surface area contributed by atoms with E-state index in [0.29, 0.717) is 23.6 Å². The summed E-state index contributed by atoms with van der Waals surface area (Å²) in [6.45, 7) is 4.46.